The van der Waals surface area contributed by atoms with Gasteiger partial charge in [-0.25, -0.2) is 4.39 Å². The van der Waals surface area contributed by atoms with E-state index in [-0.39, 0.29) is 5.83 Å². The Hall–Kier alpha value is -0.240. The molecular formula is C6H5FS. The Morgan fingerprint density at radius 3 is 3.00 bits per heavy atom. The van der Waals surface area contributed by atoms with Crippen LogP contribution in [0.5, 0.6) is 0 Å². The molecule has 42 valence electrons. The maximum Gasteiger partial charge on any atom is 0.120 e. The highest BCUT2D eigenvalue weighted by Crippen LogP contribution is 2.46. The number of allylic oxidation sites excluding steroid dienone is 2. The van der Waals surface area contributed by atoms with Gasteiger partial charge in [0, 0.05) is 10.5 Å². The molecule has 2 unspecified atom stereocenters. The van der Waals surface area contributed by atoms with Crippen molar-refractivity contribution in [1.29, 1.82) is 0 Å². The fourth-order valence-electron chi connectivity index (χ4n) is 0.824. The van der Waals surface area contributed by atoms with Crippen LogP contribution in [-0.4, -0.2) is 10.5 Å². The first-order valence-corrected chi connectivity index (χ1v) is 3.51. The fraction of sp³-hybridized carbons (Fsp3) is 0.333. The molecule has 0 spiro atoms. The lowest BCUT2D eigenvalue weighted by Gasteiger charge is -1.90. The zero-order chi connectivity index (χ0) is 5.56. The minimum Gasteiger partial charge on any atom is -0.207 e. The third-order valence-corrected chi connectivity index (χ3v) is 2.52. The van der Waals surface area contributed by atoms with Crippen LogP contribution in [0.3, 0.4) is 0 Å². The quantitative estimate of drug-likeness (QED) is 0.449. The molecule has 2 atom stereocenters. The summed E-state index contributed by atoms with van der Waals surface area (Å²) in [4.78, 5) is 0. The first kappa shape index (κ1) is 4.62. The number of hydrogen-bond acceptors (Lipinski definition) is 1. The van der Waals surface area contributed by atoms with Crippen molar-refractivity contribution in [2.75, 3.05) is 0 Å². The topological polar surface area (TPSA) is 0 Å². The highest BCUT2D eigenvalue weighted by Gasteiger charge is 2.36. The van der Waals surface area contributed by atoms with Crippen molar-refractivity contribution in [3.05, 3.63) is 24.1 Å². The molecule has 1 heterocycles. The van der Waals surface area contributed by atoms with E-state index in [4.69, 9.17) is 0 Å². The van der Waals surface area contributed by atoms with Gasteiger partial charge in [-0.3, -0.25) is 0 Å². The Bertz CT molecular complexity index is 171. The van der Waals surface area contributed by atoms with Crippen LogP contribution in [0.15, 0.2) is 24.1 Å². The highest BCUT2D eigenvalue weighted by molar-refractivity contribution is 8.08. The van der Waals surface area contributed by atoms with Crippen molar-refractivity contribution in [2.24, 2.45) is 0 Å². The van der Waals surface area contributed by atoms with Gasteiger partial charge in [0.1, 0.15) is 5.83 Å². The van der Waals surface area contributed by atoms with Gasteiger partial charge in [-0.15, -0.1) is 11.8 Å². The van der Waals surface area contributed by atoms with Crippen LogP contribution in [0.4, 0.5) is 4.39 Å². The standard InChI is InChI=1S/C6H5FS/c7-4-1-2-5-6(3-4)8-5/h1-3,5-6H. The third-order valence-electron chi connectivity index (χ3n) is 1.33. The van der Waals surface area contributed by atoms with E-state index in [1.54, 1.807) is 23.9 Å². The minimum atomic E-state index is -0.0729. The number of fused-ring (bicyclic) bond motifs is 1. The van der Waals surface area contributed by atoms with Crippen molar-refractivity contribution in [3.8, 4) is 0 Å². The Labute approximate surface area is 51.5 Å². The monoisotopic (exact) mass is 128 g/mol. The van der Waals surface area contributed by atoms with Gasteiger partial charge < -0.3 is 0 Å². The van der Waals surface area contributed by atoms with Gasteiger partial charge in [-0.2, -0.15) is 0 Å². The molecule has 1 saturated heterocycles. The van der Waals surface area contributed by atoms with Crippen molar-refractivity contribution in [3.63, 3.8) is 0 Å². The van der Waals surface area contributed by atoms with Gasteiger partial charge in [0.05, 0.1) is 0 Å². The zero-order valence-electron chi connectivity index (χ0n) is 4.17. The summed E-state index contributed by atoms with van der Waals surface area (Å²) in [7, 11) is 0. The Kier molecular flexibility index (Phi) is 0.796. The van der Waals surface area contributed by atoms with Crippen LogP contribution in [0.1, 0.15) is 0 Å². The summed E-state index contributed by atoms with van der Waals surface area (Å²) < 4.78 is 12.2. The second-order valence-electron chi connectivity index (χ2n) is 1.98. The molecule has 0 amide bonds. The second-order valence-corrected chi connectivity index (χ2v) is 3.34. The van der Waals surface area contributed by atoms with Crippen molar-refractivity contribution in [1.82, 2.24) is 0 Å². The van der Waals surface area contributed by atoms with Gasteiger partial charge in [-0.1, -0.05) is 6.08 Å². The van der Waals surface area contributed by atoms with Gasteiger partial charge in [-0.05, 0) is 12.2 Å². The summed E-state index contributed by atoms with van der Waals surface area (Å²) in [6, 6.07) is 0. The average molecular weight is 128 g/mol. The number of hydrogen-bond donors (Lipinski definition) is 0. The molecule has 1 aliphatic carbocycles. The molecule has 0 saturated carbocycles. The summed E-state index contributed by atoms with van der Waals surface area (Å²) in [5, 5.41) is 1.08. The maximum atomic E-state index is 12.2. The van der Waals surface area contributed by atoms with E-state index in [0.717, 1.165) is 0 Å². The summed E-state index contributed by atoms with van der Waals surface area (Å²) >= 11 is 1.80. The first-order chi connectivity index (χ1) is 3.86. The summed E-state index contributed by atoms with van der Waals surface area (Å²) in [6.45, 7) is 0. The fourth-order valence-corrected chi connectivity index (χ4v) is 1.64. The molecule has 1 fully saturated rings. The van der Waals surface area contributed by atoms with Crippen LogP contribution in [-0.2, 0) is 0 Å². The summed E-state index contributed by atoms with van der Waals surface area (Å²) in [5.41, 5.74) is 0. The van der Waals surface area contributed by atoms with E-state index in [1.165, 1.54) is 0 Å². The van der Waals surface area contributed by atoms with Gasteiger partial charge in [0.25, 0.3) is 0 Å². The Morgan fingerprint density at radius 2 is 2.38 bits per heavy atom. The maximum absolute atomic E-state index is 12.2. The molecule has 2 heteroatoms. The molecule has 2 aliphatic rings. The smallest absolute Gasteiger partial charge is 0.120 e. The molecule has 0 aromatic rings. The highest BCUT2D eigenvalue weighted by atomic mass is 32.2. The first-order valence-electron chi connectivity index (χ1n) is 2.57. The third kappa shape index (κ3) is 0.599. The van der Waals surface area contributed by atoms with Crippen molar-refractivity contribution >= 4 is 11.8 Å². The Morgan fingerprint density at radius 1 is 1.50 bits per heavy atom. The van der Waals surface area contributed by atoms with Gasteiger partial charge in [0.2, 0.25) is 0 Å². The van der Waals surface area contributed by atoms with Crippen LogP contribution in [0, 0.1) is 0 Å². The van der Waals surface area contributed by atoms with Crippen molar-refractivity contribution < 1.29 is 4.39 Å². The molecule has 8 heavy (non-hydrogen) atoms. The zero-order valence-corrected chi connectivity index (χ0v) is 4.99. The largest absolute Gasteiger partial charge is 0.207 e. The normalized spacial score (nSPS) is 40.9. The van der Waals surface area contributed by atoms with Crippen LogP contribution < -0.4 is 0 Å². The molecule has 1 aliphatic heterocycles. The second kappa shape index (κ2) is 1.38. The van der Waals surface area contributed by atoms with E-state index in [9.17, 15) is 4.39 Å². The van der Waals surface area contributed by atoms with Gasteiger partial charge >= 0.3 is 0 Å². The number of rotatable bonds is 0. The number of halogens is 1. The molecule has 0 bridgehead atoms. The van der Waals surface area contributed by atoms with E-state index < -0.39 is 0 Å². The molecule has 2 rings (SSSR count). The predicted molar refractivity (Wildman–Crippen MR) is 33.5 cm³/mol. The SMILES string of the molecule is FC1=CC2SC2C=C1. The molecule has 0 aromatic heterocycles. The van der Waals surface area contributed by atoms with Crippen molar-refractivity contribution in [2.45, 2.75) is 10.5 Å². The van der Waals surface area contributed by atoms with Crippen LogP contribution >= 0.6 is 11.8 Å². The van der Waals surface area contributed by atoms with Crippen LogP contribution in [0.25, 0.3) is 0 Å². The number of thioether (sulfide) groups is 1. The minimum absolute atomic E-state index is 0.0729. The molecular weight excluding hydrogens is 123 g/mol. The average Bonchev–Trinajstić information content (AvgIpc) is 2.43. The Balaban J connectivity index is 2.28. The molecule has 0 radical (unpaired) electrons. The molecule has 0 N–H and O–H groups in total. The van der Waals surface area contributed by atoms with Gasteiger partial charge in [0.15, 0.2) is 0 Å². The predicted octanol–water partition coefficient (Wildman–Crippen LogP) is 1.89. The van der Waals surface area contributed by atoms with E-state index in [1.807, 2.05) is 6.08 Å². The van der Waals surface area contributed by atoms with E-state index >= 15 is 0 Å². The molecule has 0 aromatic carbocycles. The molecule has 0 nitrogen and oxygen atoms in total. The van der Waals surface area contributed by atoms with E-state index in [0.29, 0.717) is 10.5 Å². The lowest BCUT2D eigenvalue weighted by atomic mass is 10.2. The summed E-state index contributed by atoms with van der Waals surface area (Å²) in [5.74, 6) is -0.0729. The lowest BCUT2D eigenvalue weighted by Crippen LogP contribution is -1.90. The van der Waals surface area contributed by atoms with Crippen LogP contribution in [0.2, 0.25) is 0 Å². The van der Waals surface area contributed by atoms with E-state index in [2.05, 4.69) is 0 Å². The lowest BCUT2D eigenvalue weighted by molar-refractivity contribution is 0.658. The summed E-state index contributed by atoms with van der Waals surface area (Å²) in [6.07, 6.45) is 5.14.